The van der Waals surface area contributed by atoms with Gasteiger partial charge in [0.1, 0.15) is 5.82 Å². The van der Waals surface area contributed by atoms with Gasteiger partial charge < -0.3 is 10.1 Å². The molecule has 106 valence electrons. The Balaban J connectivity index is 2.07. The lowest BCUT2D eigenvalue weighted by Gasteiger charge is -2.12. The van der Waals surface area contributed by atoms with Crippen molar-refractivity contribution < 1.29 is 9.53 Å². The van der Waals surface area contributed by atoms with E-state index in [0.717, 1.165) is 17.2 Å². The molecule has 0 aliphatic rings. The van der Waals surface area contributed by atoms with Gasteiger partial charge in [0.05, 0.1) is 24.6 Å². The number of para-hydroxylation sites is 1. The maximum absolute atomic E-state index is 11.8. The number of benzene rings is 1. The number of esters is 1. The highest BCUT2D eigenvalue weighted by molar-refractivity contribution is 5.96. The van der Waals surface area contributed by atoms with Crippen LogP contribution in [0, 0.1) is 6.92 Å². The van der Waals surface area contributed by atoms with E-state index in [1.54, 1.807) is 22.8 Å². The van der Waals surface area contributed by atoms with E-state index >= 15 is 0 Å². The average Bonchev–Trinajstić information content (AvgIpc) is 2.95. The van der Waals surface area contributed by atoms with Crippen molar-refractivity contribution in [2.75, 3.05) is 12.4 Å². The number of fused-ring (bicyclic) bond motifs is 1. The van der Waals surface area contributed by atoms with Crippen LogP contribution in [0.25, 0.3) is 5.65 Å². The van der Waals surface area contributed by atoms with E-state index in [-0.39, 0.29) is 5.97 Å². The third-order valence-electron chi connectivity index (χ3n) is 3.08. The van der Waals surface area contributed by atoms with Gasteiger partial charge in [0.25, 0.3) is 0 Å². The molecule has 0 saturated heterocycles. The highest BCUT2D eigenvalue weighted by Crippen LogP contribution is 2.22. The van der Waals surface area contributed by atoms with Crippen LogP contribution in [0.5, 0.6) is 0 Å². The number of ether oxygens (including phenoxy) is 1. The molecule has 6 nitrogen and oxygen atoms in total. The van der Waals surface area contributed by atoms with Gasteiger partial charge in [0.2, 0.25) is 0 Å². The molecule has 6 heteroatoms. The van der Waals surface area contributed by atoms with Gasteiger partial charge in [0, 0.05) is 17.8 Å². The van der Waals surface area contributed by atoms with E-state index < -0.39 is 0 Å². The molecule has 0 atom stereocenters. The Hall–Kier alpha value is -2.89. The minimum atomic E-state index is -0.388. The van der Waals surface area contributed by atoms with Gasteiger partial charge >= 0.3 is 5.97 Å². The Morgan fingerprint density at radius 1 is 1.29 bits per heavy atom. The fourth-order valence-corrected chi connectivity index (χ4v) is 2.15. The quantitative estimate of drug-likeness (QED) is 0.748. The van der Waals surface area contributed by atoms with Gasteiger partial charge in [0.15, 0.2) is 5.65 Å². The molecule has 0 fully saturated rings. The Labute approximate surface area is 121 Å². The summed E-state index contributed by atoms with van der Waals surface area (Å²) in [6, 6.07) is 10.9. The van der Waals surface area contributed by atoms with Crippen LogP contribution in [0.3, 0.4) is 0 Å². The highest BCUT2D eigenvalue weighted by Gasteiger charge is 2.12. The highest BCUT2D eigenvalue weighted by atomic mass is 16.5. The number of carbonyl (C=O) groups excluding carboxylic acids is 1. The first-order chi connectivity index (χ1) is 10.2. The van der Waals surface area contributed by atoms with Gasteiger partial charge in [-0.1, -0.05) is 12.1 Å². The number of nitrogens with zero attached hydrogens (tertiary/aromatic N) is 3. The smallest absolute Gasteiger partial charge is 0.339 e. The molecule has 21 heavy (non-hydrogen) atoms. The molecule has 2 heterocycles. The molecule has 3 aromatic rings. The minimum absolute atomic E-state index is 0.388. The van der Waals surface area contributed by atoms with Crippen LogP contribution in [0.2, 0.25) is 0 Å². The van der Waals surface area contributed by atoms with Gasteiger partial charge in [-0.2, -0.15) is 9.61 Å². The molecule has 0 amide bonds. The second-order valence-electron chi connectivity index (χ2n) is 4.55. The summed E-state index contributed by atoms with van der Waals surface area (Å²) in [5, 5.41) is 7.44. The van der Waals surface area contributed by atoms with Crippen LogP contribution in [0.4, 0.5) is 11.5 Å². The van der Waals surface area contributed by atoms with Crippen LogP contribution in [-0.2, 0) is 4.74 Å². The lowest BCUT2D eigenvalue weighted by atomic mass is 10.2. The lowest BCUT2D eigenvalue weighted by Crippen LogP contribution is -2.08. The standard InChI is InChI=1S/C15H14N4O2/c1-10-9-14(19-13(17-10)7-8-16-19)18-12-6-4-3-5-11(12)15(20)21-2/h3-9,18H,1-2H3. The number of nitrogens with one attached hydrogen (secondary N) is 1. The van der Waals surface area contributed by atoms with Crippen LogP contribution in [0.1, 0.15) is 16.1 Å². The molecule has 1 N–H and O–H groups in total. The SMILES string of the molecule is COC(=O)c1ccccc1Nc1cc(C)nc2ccnn12. The number of aromatic nitrogens is 3. The first kappa shape index (κ1) is 13.1. The van der Waals surface area contributed by atoms with Gasteiger partial charge in [-0.05, 0) is 19.1 Å². The Morgan fingerprint density at radius 3 is 2.90 bits per heavy atom. The topological polar surface area (TPSA) is 68.5 Å². The third-order valence-corrected chi connectivity index (χ3v) is 3.08. The Kier molecular flexibility index (Phi) is 3.27. The van der Waals surface area contributed by atoms with Crippen LogP contribution < -0.4 is 5.32 Å². The molecule has 3 rings (SSSR count). The maximum Gasteiger partial charge on any atom is 0.339 e. The van der Waals surface area contributed by atoms with Crippen molar-refractivity contribution in [3.63, 3.8) is 0 Å². The molecule has 0 spiro atoms. The molecule has 0 bridgehead atoms. The molecule has 0 aliphatic carbocycles. The van der Waals surface area contributed by atoms with Crippen molar-refractivity contribution in [1.82, 2.24) is 14.6 Å². The van der Waals surface area contributed by atoms with Crippen molar-refractivity contribution in [2.45, 2.75) is 6.92 Å². The number of hydrogen-bond donors (Lipinski definition) is 1. The lowest BCUT2D eigenvalue weighted by molar-refractivity contribution is 0.0602. The van der Waals surface area contributed by atoms with Crippen molar-refractivity contribution in [3.05, 3.63) is 53.9 Å². The Bertz CT molecular complexity index is 810. The molecular formula is C15H14N4O2. The third kappa shape index (κ3) is 2.43. The summed E-state index contributed by atoms with van der Waals surface area (Å²) in [5.41, 5.74) is 2.73. The van der Waals surface area contributed by atoms with Crippen molar-refractivity contribution in [2.24, 2.45) is 0 Å². The summed E-state index contributed by atoms with van der Waals surface area (Å²) in [6.07, 6.45) is 1.68. The first-order valence-corrected chi connectivity index (χ1v) is 6.45. The molecule has 0 radical (unpaired) electrons. The van der Waals surface area contributed by atoms with Crippen molar-refractivity contribution in [1.29, 1.82) is 0 Å². The number of hydrogen-bond acceptors (Lipinski definition) is 5. The number of aryl methyl sites for hydroxylation is 1. The fourth-order valence-electron chi connectivity index (χ4n) is 2.15. The average molecular weight is 282 g/mol. The van der Waals surface area contributed by atoms with Crippen LogP contribution >= 0.6 is 0 Å². The zero-order valence-corrected chi connectivity index (χ0v) is 11.7. The van der Waals surface area contributed by atoms with E-state index in [0.29, 0.717) is 11.3 Å². The van der Waals surface area contributed by atoms with Crippen LogP contribution in [-0.4, -0.2) is 27.7 Å². The van der Waals surface area contributed by atoms with E-state index in [4.69, 9.17) is 4.74 Å². The molecular weight excluding hydrogens is 268 g/mol. The number of methoxy groups -OCH3 is 1. The molecule has 0 unspecified atom stereocenters. The fraction of sp³-hybridized carbons (Fsp3) is 0.133. The maximum atomic E-state index is 11.8. The van der Waals surface area contributed by atoms with Gasteiger partial charge in [-0.3, -0.25) is 0 Å². The normalized spacial score (nSPS) is 10.6. The molecule has 0 aliphatic heterocycles. The summed E-state index contributed by atoms with van der Waals surface area (Å²) in [6.45, 7) is 1.91. The van der Waals surface area contributed by atoms with E-state index in [9.17, 15) is 4.79 Å². The Morgan fingerprint density at radius 2 is 2.10 bits per heavy atom. The molecule has 2 aromatic heterocycles. The number of rotatable bonds is 3. The van der Waals surface area contributed by atoms with Gasteiger partial charge in [-0.15, -0.1) is 0 Å². The van der Waals surface area contributed by atoms with Crippen molar-refractivity contribution in [3.8, 4) is 0 Å². The van der Waals surface area contributed by atoms with E-state index in [1.807, 2.05) is 31.2 Å². The monoisotopic (exact) mass is 282 g/mol. The molecule has 1 aromatic carbocycles. The minimum Gasteiger partial charge on any atom is -0.465 e. The second-order valence-corrected chi connectivity index (χ2v) is 4.55. The summed E-state index contributed by atoms with van der Waals surface area (Å²) in [4.78, 5) is 16.2. The second kappa shape index (κ2) is 5.24. The summed E-state index contributed by atoms with van der Waals surface area (Å²) >= 11 is 0. The van der Waals surface area contributed by atoms with Gasteiger partial charge in [-0.25, -0.2) is 9.78 Å². The predicted molar refractivity (Wildman–Crippen MR) is 78.8 cm³/mol. The van der Waals surface area contributed by atoms with E-state index in [2.05, 4.69) is 15.4 Å². The van der Waals surface area contributed by atoms with Crippen LogP contribution in [0.15, 0.2) is 42.6 Å². The van der Waals surface area contributed by atoms with E-state index in [1.165, 1.54) is 7.11 Å². The zero-order chi connectivity index (χ0) is 14.8. The molecule has 0 saturated carbocycles. The number of anilines is 2. The predicted octanol–water partition coefficient (Wildman–Crippen LogP) is 2.57. The summed E-state index contributed by atoms with van der Waals surface area (Å²) in [5.74, 6) is 0.347. The van der Waals surface area contributed by atoms with Crippen molar-refractivity contribution >= 4 is 23.1 Å². The largest absolute Gasteiger partial charge is 0.465 e. The first-order valence-electron chi connectivity index (χ1n) is 6.45. The zero-order valence-electron chi connectivity index (χ0n) is 11.7. The summed E-state index contributed by atoms with van der Waals surface area (Å²) in [7, 11) is 1.36. The number of carbonyl (C=O) groups is 1. The summed E-state index contributed by atoms with van der Waals surface area (Å²) < 4.78 is 6.48.